The summed E-state index contributed by atoms with van der Waals surface area (Å²) >= 11 is 0. The van der Waals surface area contributed by atoms with Crippen molar-refractivity contribution in [1.29, 1.82) is 0 Å². The van der Waals surface area contributed by atoms with Gasteiger partial charge in [-0.3, -0.25) is 0 Å². The van der Waals surface area contributed by atoms with Gasteiger partial charge >= 0.3 is 18.0 Å². The minimum atomic E-state index is -6.49. The monoisotopic (exact) mass is 320 g/mol. The summed E-state index contributed by atoms with van der Waals surface area (Å²) in [5, 5.41) is 9.25. The van der Waals surface area contributed by atoms with Gasteiger partial charge in [-0.05, 0) is 24.6 Å². The molecule has 0 spiro atoms. The fraction of sp³-hybridized carbons (Fsp3) is 0.500. The molecule has 0 aromatic heterocycles. The predicted octanol–water partition coefficient (Wildman–Crippen LogP) is 3.95. The van der Waals surface area contributed by atoms with E-state index in [1.54, 1.807) is 6.92 Å². The Balaban J connectivity index is 3.17. The minimum Gasteiger partial charge on any atom is -0.494 e. The van der Waals surface area contributed by atoms with E-state index in [9.17, 15) is 35.8 Å². The van der Waals surface area contributed by atoms with E-state index >= 15 is 0 Å². The van der Waals surface area contributed by atoms with Crippen molar-refractivity contribution in [2.24, 2.45) is 0 Å². The van der Waals surface area contributed by atoms with Crippen LogP contribution in [0, 0.1) is 0 Å². The van der Waals surface area contributed by atoms with Gasteiger partial charge in [-0.15, -0.1) is 0 Å². The Kier molecular flexibility index (Phi) is 4.76. The lowest BCUT2D eigenvalue weighted by atomic mass is 9.98. The summed E-state index contributed by atoms with van der Waals surface area (Å²) < 4.78 is 93.3. The molecule has 0 bridgehead atoms. The summed E-state index contributed by atoms with van der Waals surface area (Å²) in [6.45, 7) is 1.67. The van der Waals surface area contributed by atoms with E-state index in [1.807, 2.05) is 0 Å². The van der Waals surface area contributed by atoms with Crippen LogP contribution in [-0.2, 0) is 0 Å². The van der Waals surface area contributed by atoms with Crippen molar-refractivity contribution in [2.45, 2.75) is 31.0 Å². The van der Waals surface area contributed by atoms with E-state index in [1.165, 1.54) is 6.07 Å². The van der Waals surface area contributed by atoms with Crippen LogP contribution in [0.3, 0.4) is 0 Å². The van der Waals surface area contributed by atoms with Crippen molar-refractivity contribution in [1.82, 2.24) is 0 Å². The summed E-state index contributed by atoms with van der Waals surface area (Å²) in [4.78, 5) is 0. The zero-order chi connectivity index (χ0) is 16.5. The third-order valence-electron chi connectivity index (χ3n) is 2.60. The quantitative estimate of drug-likeness (QED) is 0.833. The first-order valence-corrected chi connectivity index (χ1v) is 5.68. The van der Waals surface area contributed by atoms with Gasteiger partial charge in [-0.2, -0.15) is 30.7 Å². The summed E-state index contributed by atoms with van der Waals surface area (Å²) in [6.07, 6.45) is -9.83. The Labute approximate surface area is 115 Å². The zero-order valence-electron chi connectivity index (χ0n) is 10.6. The van der Waals surface area contributed by atoms with Gasteiger partial charge < -0.3 is 9.84 Å². The number of alkyl halides is 7. The summed E-state index contributed by atoms with van der Waals surface area (Å²) in [7, 11) is 0. The molecule has 120 valence electrons. The minimum absolute atomic E-state index is 0.0415. The van der Waals surface area contributed by atoms with Crippen LogP contribution in [0.1, 0.15) is 18.6 Å². The zero-order valence-corrected chi connectivity index (χ0v) is 10.6. The summed E-state index contributed by atoms with van der Waals surface area (Å²) in [6, 6.07) is 3.94. The molecule has 0 radical (unpaired) electrons. The molecule has 1 N–H and O–H groups in total. The second-order valence-electron chi connectivity index (χ2n) is 4.10. The van der Waals surface area contributed by atoms with Gasteiger partial charge in [-0.25, -0.2) is 0 Å². The molecular formula is C12H11F7O2. The lowest BCUT2D eigenvalue weighted by Crippen LogP contribution is -2.54. The fourth-order valence-electron chi connectivity index (χ4n) is 1.51. The topological polar surface area (TPSA) is 29.5 Å². The standard InChI is InChI=1S/C12H11F7O2/c1-2-21-8-5-3-4-7(6-8)9(20)10(13,14)11(15,16)12(17,18)19/h3-6,9,20H,2H2,1H3. The first-order valence-electron chi connectivity index (χ1n) is 5.68. The predicted molar refractivity (Wildman–Crippen MR) is 58.5 cm³/mol. The Morgan fingerprint density at radius 3 is 2.14 bits per heavy atom. The fourth-order valence-corrected chi connectivity index (χ4v) is 1.51. The Morgan fingerprint density at radius 2 is 1.67 bits per heavy atom. The number of aliphatic hydroxyl groups excluding tert-OH is 1. The molecule has 1 atom stereocenters. The van der Waals surface area contributed by atoms with Crippen LogP contribution in [-0.4, -0.2) is 29.7 Å². The number of hydrogen-bond donors (Lipinski definition) is 1. The molecular weight excluding hydrogens is 309 g/mol. The Bertz CT molecular complexity index is 485. The number of halogens is 7. The van der Waals surface area contributed by atoms with Crippen LogP contribution in [0.2, 0.25) is 0 Å². The highest BCUT2D eigenvalue weighted by Crippen LogP contribution is 2.51. The van der Waals surface area contributed by atoms with Crippen molar-refractivity contribution in [2.75, 3.05) is 6.61 Å². The third kappa shape index (κ3) is 3.22. The van der Waals surface area contributed by atoms with E-state index < -0.39 is 29.7 Å². The molecule has 0 amide bonds. The molecule has 0 heterocycles. The average molecular weight is 320 g/mol. The highest BCUT2D eigenvalue weighted by Gasteiger charge is 2.75. The SMILES string of the molecule is CCOc1cccc(C(O)C(F)(F)C(F)(F)C(F)(F)F)c1. The first kappa shape index (κ1) is 17.5. The number of benzene rings is 1. The molecule has 0 saturated heterocycles. The van der Waals surface area contributed by atoms with Gasteiger partial charge in [-0.1, -0.05) is 12.1 Å². The molecule has 1 aromatic rings. The van der Waals surface area contributed by atoms with E-state index in [0.717, 1.165) is 18.2 Å². The maximum atomic E-state index is 13.3. The number of hydrogen-bond acceptors (Lipinski definition) is 2. The lowest BCUT2D eigenvalue weighted by molar-refractivity contribution is -0.372. The molecule has 1 rings (SSSR count). The van der Waals surface area contributed by atoms with Crippen LogP contribution in [0.25, 0.3) is 0 Å². The molecule has 0 aliphatic heterocycles. The van der Waals surface area contributed by atoms with Crippen LogP contribution < -0.4 is 4.74 Å². The largest absolute Gasteiger partial charge is 0.494 e. The third-order valence-corrected chi connectivity index (χ3v) is 2.60. The van der Waals surface area contributed by atoms with Gasteiger partial charge in [0.15, 0.2) is 0 Å². The van der Waals surface area contributed by atoms with Gasteiger partial charge in [0, 0.05) is 0 Å². The van der Waals surface area contributed by atoms with E-state index in [4.69, 9.17) is 4.74 Å². The second-order valence-corrected chi connectivity index (χ2v) is 4.10. The maximum Gasteiger partial charge on any atom is 0.459 e. The molecule has 0 aliphatic rings. The van der Waals surface area contributed by atoms with E-state index in [-0.39, 0.29) is 12.4 Å². The Morgan fingerprint density at radius 1 is 1.10 bits per heavy atom. The summed E-state index contributed by atoms with van der Waals surface area (Å²) in [5.41, 5.74) is -0.810. The van der Waals surface area contributed by atoms with Gasteiger partial charge in [0.05, 0.1) is 6.61 Å². The Hall–Kier alpha value is -1.51. The molecule has 0 aliphatic carbocycles. The molecule has 9 heteroatoms. The van der Waals surface area contributed by atoms with Gasteiger partial charge in [0.2, 0.25) is 0 Å². The van der Waals surface area contributed by atoms with Crippen molar-refractivity contribution in [3.8, 4) is 5.75 Å². The van der Waals surface area contributed by atoms with Crippen LogP contribution in [0.4, 0.5) is 30.7 Å². The molecule has 1 unspecified atom stereocenters. The van der Waals surface area contributed by atoms with Crippen molar-refractivity contribution >= 4 is 0 Å². The highest BCUT2D eigenvalue weighted by atomic mass is 19.4. The molecule has 0 saturated carbocycles. The number of rotatable bonds is 5. The molecule has 2 nitrogen and oxygen atoms in total. The highest BCUT2D eigenvalue weighted by molar-refractivity contribution is 5.31. The normalized spacial score (nSPS) is 14.9. The second kappa shape index (κ2) is 5.70. The molecule has 21 heavy (non-hydrogen) atoms. The van der Waals surface area contributed by atoms with Crippen LogP contribution in [0.5, 0.6) is 5.75 Å². The van der Waals surface area contributed by atoms with E-state index in [2.05, 4.69) is 0 Å². The number of ether oxygens (including phenoxy) is 1. The van der Waals surface area contributed by atoms with Gasteiger partial charge in [0.25, 0.3) is 0 Å². The molecule has 0 fully saturated rings. The average Bonchev–Trinajstić information content (AvgIpc) is 2.37. The number of aliphatic hydroxyl groups is 1. The van der Waals surface area contributed by atoms with Gasteiger partial charge in [0.1, 0.15) is 11.9 Å². The lowest BCUT2D eigenvalue weighted by Gasteiger charge is -2.31. The van der Waals surface area contributed by atoms with Crippen molar-refractivity contribution in [3.05, 3.63) is 29.8 Å². The van der Waals surface area contributed by atoms with E-state index in [0.29, 0.717) is 0 Å². The van der Waals surface area contributed by atoms with Crippen molar-refractivity contribution in [3.63, 3.8) is 0 Å². The first-order chi connectivity index (χ1) is 9.45. The van der Waals surface area contributed by atoms with Crippen molar-refractivity contribution < 1.29 is 40.6 Å². The summed E-state index contributed by atoms with van der Waals surface area (Å²) in [5.74, 6) is -12.1. The smallest absolute Gasteiger partial charge is 0.459 e. The maximum absolute atomic E-state index is 13.3. The van der Waals surface area contributed by atoms with Crippen LogP contribution in [0.15, 0.2) is 24.3 Å². The molecule has 1 aromatic carbocycles. The van der Waals surface area contributed by atoms with Crippen LogP contribution >= 0.6 is 0 Å².